The summed E-state index contributed by atoms with van der Waals surface area (Å²) in [6, 6.07) is 20.2. The standard InChI is InChI=1S/C21H21N3O3/c25-12-16-18(14-7-3-1-4-8-14)21(16)13-24(11-17(21)26)20-22-19(23-27-20)15-9-5-2-6-10-15/h1-10,16-18,25-26H,11-13H2/t16-,17-,18-,21-/m1/s1. The molecule has 0 bridgehead atoms. The lowest BCUT2D eigenvalue weighted by Gasteiger charge is -2.14. The van der Waals surface area contributed by atoms with Gasteiger partial charge in [0, 0.05) is 30.7 Å². The molecular formula is C21H21N3O3. The summed E-state index contributed by atoms with van der Waals surface area (Å²) in [7, 11) is 0. The van der Waals surface area contributed by atoms with Crippen LogP contribution in [0.3, 0.4) is 0 Å². The Hall–Kier alpha value is -2.70. The number of anilines is 1. The first-order valence-electron chi connectivity index (χ1n) is 9.22. The largest absolute Gasteiger partial charge is 0.396 e. The summed E-state index contributed by atoms with van der Waals surface area (Å²) in [5.74, 6) is 0.715. The van der Waals surface area contributed by atoms with E-state index >= 15 is 0 Å². The number of nitrogens with zero attached hydrogens (tertiary/aromatic N) is 3. The molecule has 0 unspecified atom stereocenters. The van der Waals surface area contributed by atoms with E-state index in [1.54, 1.807) is 0 Å². The van der Waals surface area contributed by atoms with Crippen molar-refractivity contribution in [1.29, 1.82) is 0 Å². The van der Waals surface area contributed by atoms with Gasteiger partial charge >= 0.3 is 6.01 Å². The zero-order chi connectivity index (χ0) is 18.4. The Labute approximate surface area is 157 Å². The molecule has 1 spiro atoms. The van der Waals surface area contributed by atoms with Gasteiger partial charge in [0.2, 0.25) is 5.82 Å². The first-order valence-corrected chi connectivity index (χ1v) is 9.22. The van der Waals surface area contributed by atoms with Crippen molar-refractivity contribution in [1.82, 2.24) is 10.1 Å². The van der Waals surface area contributed by atoms with Gasteiger partial charge in [-0.05, 0) is 17.4 Å². The second kappa shape index (κ2) is 6.18. The molecule has 1 aromatic heterocycles. The molecule has 1 aliphatic carbocycles. The number of rotatable bonds is 4. The summed E-state index contributed by atoms with van der Waals surface area (Å²) in [4.78, 5) is 6.45. The van der Waals surface area contributed by atoms with Gasteiger partial charge in [0.15, 0.2) is 0 Å². The van der Waals surface area contributed by atoms with Gasteiger partial charge in [0.05, 0.1) is 6.10 Å². The van der Waals surface area contributed by atoms with Gasteiger partial charge in [-0.25, -0.2) is 0 Å². The van der Waals surface area contributed by atoms with Crippen LogP contribution in [0.5, 0.6) is 0 Å². The van der Waals surface area contributed by atoms with E-state index in [4.69, 9.17) is 4.52 Å². The predicted octanol–water partition coefficient (Wildman–Crippen LogP) is 2.31. The maximum absolute atomic E-state index is 10.9. The third kappa shape index (κ3) is 2.48. The number of aliphatic hydroxyl groups excluding tert-OH is 2. The molecule has 27 heavy (non-hydrogen) atoms. The first kappa shape index (κ1) is 16.5. The molecule has 4 atom stereocenters. The van der Waals surface area contributed by atoms with Crippen LogP contribution in [0.4, 0.5) is 6.01 Å². The molecule has 2 N–H and O–H groups in total. The second-order valence-electron chi connectivity index (χ2n) is 7.45. The van der Waals surface area contributed by atoms with E-state index in [2.05, 4.69) is 22.3 Å². The SMILES string of the molecule is OC[C@@H]1[C@@H](c2ccccc2)[C@]12CN(c1nc(-c3ccccc3)no1)C[C@H]2O. The maximum Gasteiger partial charge on any atom is 0.324 e. The van der Waals surface area contributed by atoms with Crippen molar-refractivity contribution in [3.05, 3.63) is 66.2 Å². The molecular weight excluding hydrogens is 342 g/mol. The molecule has 1 saturated heterocycles. The van der Waals surface area contributed by atoms with Crippen molar-refractivity contribution in [2.75, 3.05) is 24.6 Å². The molecule has 0 amide bonds. The molecule has 5 rings (SSSR count). The lowest BCUT2D eigenvalue weighted by atomic mass is 9.95. The molecule has 2 aliphatic rings. The van der Waals surface area contributed by atoms with Crippen molar-refractivity contribution in [2.45, 2.75) is 12.0 Å². The highest BCUT2D eigenvalue weighted by molar-refractivity contribution is 5.55. The Bertz CT molecular complexity index is 930. The van der Waals surface area contributed by atoms with E-state index in [9.17, 15) is 10.2 Å². The number of hydrogen-bond donors (Lipinski definition) is 2. The van der Waals surface area contributed by atoms with E-state index in [0.29, 0.717) is 24.9 Å². The minimum absolute atomic E-state index is 0.0383. The Kier molecular flexibility index (Phi) is 3.77. The summed E-state index contributed by atoms with van der Waals surface area (Å²) >= 11 is 0. The van der Waals surface area contributed by atoms with E-state index < -0.39 is 6.10 Å². The van der Waals surface area contributed by atoms with Gasteiger partial charge in [-0.3, -0.25) is 0 Å². The van der Waals surface area contributed by atoms with Crippen LogP contribution >= 0.6 is 0 Å². The zero-order valence-electron chi connectivity index (χ0n) is 14.8. The molecule has 1 aliphatic heterocycles. The molecule has 2 aromatic carbocycles. The Morgan fingerprint density at radius 3 is 2.48 bits per heavy atom. The summed E-state index contributed by atoms with van der Waals surface area (Å²) in [5, 5.41) is 24.9. The Morgan fingerprint density at radius 1 is 1.07 bits per heavy atom. The lowest BCUT2D eigenvalue weighted by molar-refractivity contribution is 0.113. The molecule has 3 aromatic rings. The van der Waals surface area contributed by atoms with Crippen LogP contribution in [0.25, 0.3) is 11.4 Å². The van der Waals surface area contributed by atoms with Crippen LogP contribution in [-0.4, -0.2) is 46.2 Å². The molecule has 2 heterocycles. The highest BCUT2D eigenvalue weighted by Crippen LogP contribution is 2.68. The van der Waals surface area contributed by atoms with Crippen LogP contribution in [0.2, 0.25) is 0 Å². The van der Waals surface area contributed by atoms with Gasteiger partial charge in [-0.2, -0.15) is 4.98 Å². The normalized spacial score (nSPS) is 29.4. The average Bonchev–Trinajstić information content (AvgIpc) is 2.98. The fraction of sp³-hybridized carbons (Fsp3) is 0.333. The monoisotopic (exact) mass is 363 g/mol. The second-order valence-corrected chi connectivity index (χ2v) is 7.45. The predicted molar refractivity (Wildman–Crippen MR) is 100 cm³/mol. The highest BCUT2D eigenvalue weighted by atomic mass is 16.5. The third-order valence-corrected chi connectivity index (χ3v) is 6.11. The number of aromatic nitrogens is 2. The van der Waals surface area contributed by atoms with Gasteiger partial charge in [-0.1, -0.05) is 65.8 Å². The summed E-state index contributed by atoms with van der Waals surface area (Å²) in [6.07, 6.45) is -0.549. The zero-order valence-corrected chi connectivity index (χ0v) is 14.8. The Morgan fingerprint density at radius 2 is 1.78 bits per heavy atom. The van der Waals surface area contributed by atoms with Crippen molar-refractivity contribution >= 4 is 6.01 Å². The van der Waals surface area contributed by atoms with Crippen molar-refractivity contribution in [3.63, 3.8) is 0 Å². The molecule has 0 radical (unpaired) electrons. The van der Waals surface area contributed by atoms with Crippen LogP contribution < -0.4 is 4.90 Å². The average molecular weight is 363 g/mol. The van der Waals surface area contributed by atoms with Crippen molar-refractivity contribution in [2.24, 2.45) is 11.3 Å². The van der Waals surface area contributed by atoms with Crippen molar-refractivity contribution < 1.29 is 14.7 Å². The number of benzene rings is 2. The number of aliphatic hydroxyl groups is 2. The molecule has 138 valence electrons. The van der Waals surface area contributed by atoms with Gasteiger partial charge in [0.25, 0.3) is 0 Å². The summed E-state index contributed by atoms with van der Waals surface area (Å²) in [6.45, 7) is 1.08. The fourth-order valence-electron chi connectivity index (χ4n) is 4.76. The Balaban J connectivity index is 1.41. The molecule has 6 heteroatoms. The smallest absolute Gasteiger partial charge is 0.324 e. The first-order chi connectivity index (χ1) is 13.2. The fourth-order valence-corrected chi connectivity index (χ4v) is 4.76. The number of β-amino-alcohol motifs (C(OH)–C–C–N with tert-alkyl or cyclic N) is 1. The minimum atomic E-state index is -0.549. The maximum atomic E-state index is 10.9. The quantitative estimate of drug-likeness (QED) is 0.740. The molecule has 1 saturated carbocycles. The van der Waals surface area contributed by atoms with Crippen LogP contribution in [0.1, 0.15) is 11.5 Å². The van der Waals surface area contributed by atoms with Gasteiger partial charge in [-0.15, -0.1) is 0 Å². The number of hydrogen-bond acceptors (Lipinski definition) is 6. The summed E-state index contributed by atoms with van der Waals surface area (Å²) < 4.78 is 5.47. The molecule has 2 fully saturated rings. The van der Waals surface area contributed by atoms with Crippen LogP contribution in [0.15, 0.2) is 65.2 Å². The minimum Gasteiger partial charge on any atom is -0.396 e. The van der Waals surface area contributed by atoms with Crippen molar-refractivity contribution in [3.8, 4) is 11.4 Å². The van der Waals surface area contributed by atoms with E-state index in [1.807, 2.05) is 53.4 Å². The lowest BCUT2D eigenvalue weighted by Crippen LogP contribution is -2.23. The van der Waals surface area contributed by atoms with Gasteiger partial charge in [0.1, 0.15) is 0 Å². The van der Waals surface area contributed by atoms with Crippen LogP contribution in [-0.2, 0) is 0 Å². The molecule has 6 nitrogen and oxygen atoms in total. The third-order valence-electron chi connectivity index (χ3n) is 6.11. The van der Waals surface area contributed by atoms with Crippen LogP contribution in [0, 0.1) is 11.3 Å². The van der Waals surface area contributed by atoms with E-state index in [0.717, 1.165) is 11.1 Å². The topological polar surface area (TPSA) is 82.6 Å². The summed E-state index contributed by atoms with van der Waals surface area (Å²) in [5.41, 5.74) is 1.69. The van der Waals surface area contributed by atoms with Gasteiger partial charge < -0.3 is 19.6 Å². The highest BCUT2D eigenvalue weighted by Gasteiger charge is 2.71. The van der Waals surface area contributed by atoms with E-state index in [-0.39, 0.29) is 23.9 Å². The van der Waals surface area contributed by atoms with E-state index in [1.165, 1.54) is 0 Å².